The number of fused-ring (bicyclic) bond motifs is 1. The maximum Gasteiger partial charge on any atom is 0.227 e. The number of benzene rings is 1. The monoisotopic (exact) mass is 433 g/mol. The Morgan fingerprint density at radius 1 is 1.12 bits per heavy atom. The number of hydrogen-bond acceptors (Lipinski definition) is 3. The van der Waals surface area contributed by atoms with E-state index in [0.717, 1.165) is 48.1 Å². The molecule has 1 N–H and O–H groups in total. The van der Waals surface area contributed by atoms with E-state index in [4.69, 9.17) is 4.98 Å². The second-order valence-corrected chi connectivity index (χ2v) is 10.9. The second kappa shape index (κ2) is 9.25. The van der Waals surface area contributed by atoms with Crippen LogP contribution in [0.25, 0.3) is 0 Å². The average Bonchev–Trinajstić information content (AvgIpc) is 3.24. The summed E-state index contributed by atoms with van der Waals surface area (Å²) in [5, 5.41) is 3.21. The van der Waals surface area contributed by atoms with E-state index in [1.54, 1.807) is 0 Å². The first-order valence-corrected chi connectivity index (χ1v) is 12.4. The summed E-state index contributed by atoms with van der Waals surface area (Å²) in [7, 11) is 0. The minimum absolute atomic E-state index is 0.00168. The van der Waals surface area contributed by atoms with Crippen molar-refractivity contribution >= 4 is 11.7 Å². The van der Waals surface area contributed by atoms with Gasteiger partial charge in [0.1, 0.15) is 5.82 Å². The Hall–Kier alpha value is -2.36. The molecular weight excluding hydrogens is 394 g/mol. The number of pyridine rings is 1. The van der Waals surface area contributed by atoms with Crippen molar-refractivity contribution in [1.82, 2.24) is 10.3 Å². The van der Waals surface area contributed by atoms with Gasteiger partial charge < -0.3 is 10.2 Å². The van der Waals surface area contributed by atoms with Crippen molar-refractivity contribution in [1.29, 1.82) is 0 Å². The van der Waals surface area contributed by atoms with Gasteiger partial charge in [-0.05, 0) is 67.7 Å². The maximum absolute atomic E-state index is 13.0. The van der Waals surface area contributed by atoms with E-state index in [2.05, 4.69) is 68.2 Å². The van der Waals surface area contributed by atoms with Crippen LogP contribution in [0.5, 0.6) is 0 Å². The molecule has 32 heavy (non-hydrogen) atoms. The Morgan fingerprint density at radius 3 is 2.56 bits per heavy atom. The largest absolute Gasteiger partial charge is 0.356 e. The van der Waals surface area contributed by atoms with Crippen LogP contribution in [0.4, 0.5) is 5.82 Å². The number of aryl methyl sites for hydroxylation is 2. The Bertz CT molecular complexity index is 967. The van der Waals surface area contributed by atoms with Gasteiger partial charge in [-0.2, -0.15) is 0 Å². The van der Waals surface area contributed by atoms with Crippen molar-refractivity contribution in [3.63, 3.8) is 0 Å². The van der Waals surface area contributed by atoms with Crippen LogP contribution in [0.1, 0.15) is 87.7 Å². The van der Waals surface area contributed by atoms with Crippen LogP contribution in [0, 0.1) is 5.92 Å². The number of piperidine rings is 1. The smallest absolute Gasteiger partial charge is 0.227 e. The minimum Gasteiger partial charge on any atom is -0.356 e. The zero-order chi connectivity index (χ0) is 22.9. The predicted molar refractivity (Wildman–Crippen MR) is 132 cm³/mol. The highest BCUT2D eigenvalue weighted by Gasteiger charge is 2.24. The standard InChI is InChI=1S/C28H39N3O/c1-19-13-15-31(16-14-19)26-24(11-12-25(30-26)28(3,4)5)18-29-27(32)20(2)22-10-9-21-7-6-8-23(21)17-22/h9-12,17,19-20H,6-8,13-16,18H2,1-5H3,(H,29,32). The lowest BCUT2D eigenvalue weighted by Crippen LogP contribution is -2.36. The van der Waals surface area contributed by atoms with Crippen molar-refractivity contribution < 1.29 is 4.79 Å². The first-order chi connectivity index (χ1) is 15.2. The lowest BCUT2D eigenvalue weighted by atomic mass is 9.91. The molecule has 1 atom stereocenters. The van der Waals surface area contributed by atoms with Crippen LogP contribution in [-0.2, 0) is 29.6 Å². The fourth-order valence-electron chi connectivity index (χ4n) is 4.88. The molecule has 4 nitrogen and oxygen atoms in total. The molecule has 1 unspecified atom stereocenters. The molecule has 0 spiro atoms. The first kappa shape index (κ1) is 22.8. The van der Waals surface area contributed by atoms with Crippen LogP contribution in [0.2, 0.25) is 0 Å². The zero-order valence-corrected chi connectivity index (χ0v) is 20.5. The number of hydrogen-bond donors (Lipinski definition) is 1. The quantitative estimate of drug-likeness (QED) is 0.675. The molecule has 1 aliphatic carbocycles. The third-order valence-corrected chi connectivity index (χ3v) is 7.28. The maximum atomic E-state index is 13.0. The summed E-state index contributed by atoms with van der Waals surface area (Å²) >= 11 is 0. The van der Waals surface area contributed by atoms with Gasteiger partial charge in [-0.3, -0.25) is 4.79 Å². The fourth-order valence-corrected chi connectivity index (χ4v) is 4.88. The SMILES string of the molecule is CC1CCN(c2nc(C(C)(C)C)ccc2CNC(=O)C(C)c2ccc3c(c2)CCC3)CC1. The van der Waals surface area contributed by atoms with Gasteiger partial charge in [0.25, 0.3) is 0 Å². The number of carbonyl (C=O) groups excluding carboxylic acids is 1. The topological polar surface area (TPSA) is 45.2 Å². The fraction of sp³-hybridized carbons (Fsp3) is 0.571. The van der Waals surface area contributed by atoms with Crippen molar-refractivity contribution in [3.05, 3.63) is 58.3 Å². The van der Waals surface area contributed by atoms with Crippen molar-refractivity contribution in [2.45, 2.75) is 84.6 Å². The van der Waals surface area contributed by atoms with Crippen LogP contribution in [-0.4, -0.2) is 24.0 Å². The van der Waals surface area contributed by atoms with Gasteiger partial charge in [0.05, 0.1) is 5.92 Å². The van der Waals surface area contributed by atoms with E-state index < -0.39 is 0 Å². The lowest BCUT2D eigenvalue weighted by Gasteiger charge is -2.33. The van der Waals surface area contributed by atoms with Crippen LogP contribution >= 0.6 is 0 Å². The summed E-state index contributed by atoms with van der Waals surface area (Å²) in [5.41, 5.74) is 6.21. The molecule has 2 aromatic rings. The molecule has 0 radical (unpaired) electrons. The van der Waals surface area contributed by atoms with E-state index >= 15 is 0 Å². The molecule has 0 saturated carbocycles. The van der Waals surface area contributed by atoms with Gasteiger partial charge in [0.2, 0.25) is 5.91 Å². The molecule has 4 rings (SSSR count). The number of amides is 1. The third kappa shape index (κ3) is 5.00. The molecule has 1 fully saturated rings. The molecule has 1 aromatic heterocycles. The van der Waals surface area contributed by atoms with Crippen molar-refractivity contribution in [2.75, 3.05) is 18.0 Å². The normalized spacial score (nSPS) is 17.8. The summed E-state index contributed by atoms with van der Waals surface area (Å²) in [6.07, 6.45) is 5.94. The molecule has 4 heteroatoms. The Balaban J connectivity index is 1.49. The molecule has 1 amide bonds. The van der Waals surface area contributed by atoms with Crippen LogP contribution in [0.3, 0.4) is 0 Å². The van der Waals surface area contributed by atoms with Gasteiger partial charge in [-0.15, -0.1) is 0 Å². The second-order valence-electron chi connectivity index (χ2n) is 10.9. The molecule has 2 aliphatic rings. The molecule has 1 saturated heterocycles. The number of rotatable bonds is 5. The van der Waals surface area contributed by atoms with Gasteiger partial charge in [0, 0.05) is 36.3 Å². The lowest BCUT2D eigenvalue weighted by molar-refractivity contribution is -0.122. The Morgan fingerprint density at radius 2 is 1.84 bits per heavy atom. The van der Waals surface area contributed by atoms with Gasteiger partial charge >= 0.3 is 0 Å². The molecular formula is C28H39N3O. The van der Waals surface area contributed by atoms with Crippen LogP contribution < -0.4 is 10.2 Å². The Kier molecular flexibility index (Phi) is 6.60. The third-order valence-electron chi connectivity index (χ3n) is 7.28. The van der Waals surface area contributed by atoms with Gasteiger partial charge in [-0.1, -0.05) is 52.0 Å². The highest BCUT2D eigenvalue weighted by atomic mass is 16.1. The van der Waals surface area contributed by atoms with Crippen LogP contribution in [0.15, 0.2) is 30.3 Å². The van der Waals surface area contributed by atoms with E-state index in [1.807, 2.05) is 6.92 Å². The summed E-state index contributed by atoms with van der Waals surface area (Å²) in [5.74, 6) is 1.76. The highest BCUT2D eigenvalue weighted by Crippen LogP contribution is 2.30. The molecule has 1 aliphatic heterocycles. The molecule has 0 bridgehead atoms. The molecule has 1 aromatic carbocycles. The zero-order valence-electron chi connectivity index (χ0n) is 20.5. The summed E-state index contributed by atoms with van der Waals surface area (Å²) in [6, 6.07) is 10.9. The average molecular weight is 434 g/mol. The summed E-state index contributed by atoms with van der Waals surface area (Å²) in [4.78, 5) is 20.5. The van der Waals surface area contributed by atoms with E-state index in [0.29, 0.717) is 6.54 Å². The van der Waals surface area contributed by atoms with Crippen molar-refractivity contribution in [3.8, 4) is 0 Å². The van der Waals surface area contributed by atoms with Gasteiger partial charge in [0.15, 0.2) is 0 Å². The van der Waals surface area contributed by atoms with E-state index in [1.165, 1.54) is 36.8 Å². The first-order valence-electron chi connectivity index (χ1n) is 12.4. The number of aromatic nitrogens is 1. The van der Waals surface area contributed by atoms with Crippen molar-refractivity contribution in [2.24, 2.45) is 5.92 Å². The van der Waals surface area contributed by atoms with E-state index in [9.17, 15) is 4.79 Å². The Labute approximate surface area is 193 Å². The minimum atomic E-state index is -0.151. The number of nitrogens with zero attached hydrogens (tertiary/aromatic N) is 2. The number of carbonyl (C=O) groups is 1. The van der Waals surface area contributed by atoms with E-state index in [-0.39, 0.29) is 17.2 Å². The molecule has 172 valence electrons. The summed E-state index contributed by atoms with van der Waals surface area (Å²) in [6.45, 7) is 13.6. The molecule has 2 heterocycles. The number of anilines is 1. The van der Waals surface area contributed by atoms with Gasteiger partial charge in [-0.25, -0.2) is 4.98 Å². The highest BCUT2D eigenvalue weighted by molar-refractivity contribution is 5.83. The number of nitrogens with one attached hydrogen (secondary N) is 1. The summed E-state index contributed by atoms with van der Waals surface area (Å²) < 4.78 is 0. The predicted octanol–water partition coefficient (Wildman–Crippen LogP) is 5.52.